The van der Waals surface area contributed by atoms with Crippen molar-refractivity contribution in [2.24, 2.45) is 17.3 Å². The molecule has 0 unspecified atom stereocenters. The summed E-state index contributed by atoms with van der Waals surface area (Å²) in [6.45, 7) is 8.39. The van der Waals surface area contributed by atoms with Crippen LogP contribution in [0, 0.1) is 17.3 Å². The molecule has 116 valence electrons. The molecule has 2 fully saturated rings. The van der Waals surface area contributed by atoms with Gasteiger partial charge >= 0.3 is 0 Å². The van der Waals surface area contributed by atoms with Crippen molar-refractivity contribution >= 4 is 5.91 Å². The second kappa shape index (κ2) is 6.02. The Balaban J connectivity index is 1.77. The van der Waals surface area contributed by atoms with Crippen LogP contribution in [0.25, 0.3) is 0 Å². The summed E-state index contributed by atoms with van der Waals surface area (Å²) in [5, 5.41) is 13.5. The van der Waals surface area contributed by atoms with Gasteiger partial charge in [0.1, 0.15) is 0 Å². The number of carbonyl (C=O) groups is 1. The van der Waals surface area contributed by atoms with E-state index in [-0.39, 0.29) is 11.8 Å². The van der Waals surface area contributed by atoms with Crippen LogP contribution in [0.1, 0.15) is 52.9 Å². The van der Waals surface area contributed by atoms with Crippen LogP contribution in [0.4, 0.5) is 0 Å². The minimum Gasteiger partial charge on any atom is -0.388 e. The molecule has 1 heterocycles. The average molecular weight is 283 g/mol. The highest BCUT2D eigenvalue weighted by atomic mass is 16.5. The van der Waals surface area contributed by atoms with Gasteiger partial charge in [-0.2, -0.15) is 0 Å². The lowest BCUT2D eigenvalue weighted by Crippen LogP contribution is -2.47. The van der Waals surface area contributed by atoms with Crippen molar-refractivity contribution in [2.75, 3.05) is 19.8 Å². The average Bonchev–Trinajstić information content (AvgIpc) is 2.89. The Morgan fingerprint density at radius 2 is 1.95 bits per heavy atom. The first-order valence-corrected chi connectivity index (χ1v) is 7.88. The number of hydrogen-bond donors (Lipinski definition) is 2. The fourth-order valence-electron chi connectivity index (χ4n) is 3.34. The second-order valence-electron chi connectivity index (χ2n) is 7.64. The van der Waals surface area contributed by atoms with Crippen LogP contribution in [0.2, 0.25) is 0 Å². The largest absolute Gasteiger partial charge is 0.388 e. The molecular formula is C16H29NO3. The molecule has 4 heteroatoms. The Labute approximate surface area is 122 Å². The fourth-order valence-corrected chi connectivity index (χ4v) is 3.34. The molecule has 1 atom stereocenters. The van der Waals surface area contributed by atoms with Gasteiger partial charge in [-0.25, -0.2) is 0 Å². The van der Waals surface area contributed by atoms with Gasteiger partial charge in [0.25, 0.3) is 0 Å². The molecule has 1 saturated heterocycles. The maximum absolute atomic E-state index is 12.0. The smallest absolute Gasteiger partial charge is 0.225 e. The standard InChI is InChI=1S/C16H29NO3/c1-15(2,3)13-4-7-16(19,8-5-13)11-17-14(18)12-6-9-20-10-12/h12-13,19H,4-11H2,1-3H3,(H,17,18)/t12-,13?,16?/m0/s1. The Hall–Kier alpha value is -0.610. The van der Waals surface area contributed by atoms with Crippen molar-refractivity contribution in [3.63, 3.8) is 0 Å². The van der Waals surface area contributed by atoms with Crippen molar-refractivity contribution < 1.29 is 14.6 Å². The molecule has 1 aliphatic heterocycles. The predicted molar refractivity (Wildman–Crippen MR) is 78.3 cm³/mol. The fraction of sp³-hybridized carbons (Fsp3) is 0.938. The molecule has 20 heavy (non-hydrogen) atoms. The van der Waals surface area contributed by atoms with Crippen LogP contribution in [-0.4, -0.2) is 36.4 Å². The summed E-state index contributed by atoms with van der Waals surface area (Å²) in [6, 6.07) is 0. The monoisotopic (exact) mass is 283 g/mol. The number of ether oxygens (including phenoxy) is 1. The minimum absolute atomic E-state index is 0.0236. The number of aliphatic hydroxyl groups is 1. The van der Waals surface area contributed by atoms with Gasteiger partial charge in [-0.05, 0) is 43.4 Å². The lowest BCUT2D eigenvalue weighted by Gasteiger charge is -2.41. The molecule has 2 rings (SSSR count). The Bertz CT molecular complexity index is 334. The number of rotatable bonds is 3. The van der Waals surface area contributed by atoms with Crippen LogP contribution >= 0.6 is 0 Å². The van der Waals surface area contributed by atoms with Gasteiger partial charge < -0.3 is 15.2 Å². The van der Waals surface area contributed by atoms with Gasteiger partial charge in [0.15, 0.2) is 0 Å². The molecule has 1 aliphatic carbocycles. The van der Waals surface area contributed by atoms with E-state index in [0.29, 0.717) is 31.1 Å². The van der Waals surface area contributed by atoms with E-state index in [9.17, 15) is 9.90 Å². The highest BCUT2D eigenvalue weighted by molar-refractivity contribution is 5.79. The van der Waals surface area contributed by atoms with E-state index in [2.05, 4.69) is 26.1 Å². The first-order chi connectivity index (χ1) is 9.30. The van der Waals surface area contributed by atoms with Crippen LogP contribution in [0.5, 0.6) is 0 Å². The Kier molecular flexibility index (Phi) is 4.75. The normalized spacial score (nSPS) is 35.0. The molecule has 0 aromatic heterocycles. The second-order valence-corrected chi connectivity index (χ2v) is 7.64. The van der Waals surface area contributed by atoms with Crippen LogP contribution in [-0.2, 0) is 9.53 Å². The molecule has 0 radical (unpaired) electrons. The van der Waals surface area contributed by atoms with Gasteiger partial charge in [0.2, 0.25) is 5.91 Å². The van der Waals surface area contributed by atoms with Crippen molar-refractivity contribution in [1.29, 1.82) is 0 Å². The third-order valence-electron chi connectivity index (χ3n) is 5.03. The van der Waals surface area contributed by atoms with Gasteiger partial charge in [-0.15, -0.1) is 0 Å². The van der Waals surface area contributed by atoms with E-state index in [1.807, 2.05) is 0 Å². The van der Waals surface area contributed by atoms with Gasteiger partial charge in [0, 0.05) is 13.2 Å². The molecule has 0 aromatic carbocycles. The lowest BCUT2D eigenvalue weighted by molar-refractivity contribution is -0.126. The molecular weight excluding hydrogens is 254 g/mol. The number of nitrogens with one attached hydrogen (secondary N) is 1. The van der Waals surface area contributed by atoms with Gasteiger partial charge in [0.05, 0.1) is 18.1 Å². The Morgan fingerprint density at radius 3 is 2.45 bits per heavy atom. The topological polar surface area (TPSA) is 58.6 Å². The van der Waals surface area contributed by atoms with E-state index in [1.54, 1.807) is 0 Å². The quantitative estimate of drug-likeness (QED) is 0.834. The van der Waals surface area contributed by atoms with Gasteiger partial charge in [-0.3, -0.25) is 4.79 Å². The molecule has 1 saturated carbocycles. The van der Waals surface area contributed by atoms with E-state index in [0.717, 1.165) is 32.1 Å². The van der Waals surface area contributed by atoms with E-state index in [1.165, 1.54) is 0 Å². The Morgan fingerprint density at radius 1 is 1.30 bits per heavy atom. The van der Waals surface area contributed by atoms with Crippen molar-refractivity contribution in [1.82, 2.24) is 5.32 Å². The van der Waals surface area contributed by atoms with E-state index >= 15 is 0 Å². The summed E-state index contributed by atoms with van der Waals surface area (Å²) >= 11 is 0. The molecule has 0 bridgehead atoms. The first-order valence-electron chi connectivity index (χ1n) is 7.88. The minimum atomic E-state index is -0.711. The van der Waals surface area contributed by atoms with E-state index in [4.69, 9.17) is 4.74 Å². The zero-order chi connectivity index (χ0) is 14.8. The summed E-state index contributed by atoms with van der Waals surface area (Å²) in [5.74, 6) is 0.681. The molecule has 4 nitrogen and oxygen atoms in total. The van der Waals surface area contributed by atoms with Crippen LogP contribution < -0.4 is 5.32 Å². The number of carbonyl (C=O) groups excluding carboxylic acids is 1. The highest BCUT2D eigenvalue weighted by Crippen LogP contribution is 2.41. The van der Waals surface area contributed by atoms with Crippen molar-refractivity contribution in [2.45, 2.75) is 58.5 Å². The molecule has 1 amide bonds. The zero-order valence-electron chi connectivity index (χ0n) is 13.1. The molecule has 2 N–H and O–H groups in total. The summed E-state index contributed by atoms with van der Waals surface area (Å²) in [5.41, 5.74) is -0.400. The molecule has 2 aliphatic rings. The maximum atomic E-state index is 12.0. The van der Waals surface area contributed by atoms with Crippen LogP contribution in [0.3, 0.4) is 0 Å². The third-order valence-corrected chi connectivity index (χ3v) is 5.03. The first kappa shape index (κ1) is 15.8. The predicted octanol–water partition coefficient (Wildman–Crippen LogP) is 2.11. The number of amides is 1. The zero-order valence-corrected chi connectivity index (χ0v) is 13.1. The third kappa shape index (κ3) is 3.95. The van der Waals surface area contributed by atoms with Gasteiger partial charge in [-0.1, -0.05) is 20.8 Å². The lowest BCUT2D eigenvalue weighted by atomic mass is 9.68. The summed E-state index contributed by atoms with van der Waals surface area (Å²) in [7, 11) is 0. The van der Waals surface area contributed by atoms with Crippen molar-refractivity contribution in [3.8, 4) is 0 Å². The molecule has 0 spiro atoms. The maximum Gasteiger partial charge on any atom is 0.225 e. The van der Waals surface area contributed by atoms with E-state index < -0.39 is 5.60 Å². The highest BCUT2D eigenvalue weighted by Gasteiger charge is 2.37. The van der Waals surface area contributed by atoms with Crippen LogP contribution in [0.15, 0.2) is 0 Å². The molecule has 0 aromatic rings. The SMILES string of the molecule is CC(C)(C)C1CCC(O)(CNC(=O)[C@H]2CCOC2)CC1. The summed E-state index contributed by atoms with van der Waals surface area (Å²) in [4.78, 5) is 12.0. The van der Waals surface area contributed by atoms with Crippen molar-refractivity contribution in [3.05, 3.63) is 0 Å². The number of hydrogen-bond acceptors (Lipinski definition) is 3. The summed E-state index contributed by atoms with van der Waals surface area (Å²) < 4.78 is 5.22. The summed E-state index contributed by atoms with van der Waals surface area (Å²) in [6.07, 6.45) is 4.47.